The maximum Gasteiger partial charge on any atom is 0.137 e. The van der Waals surface area contributed by atoms with E-state index < -0.39 is 0 Å². The number of thiophene rings is 1. The second-order valence-electron chi connectivity index (χ2n) is 13.3. The average molecular weight is 668 g/mol. The molecular formula is C48H29NOS. The van der Waals surface area contributed by atoms with E-state index in [0.717, 1.165) is 39.0 Å². The molecule has 0 amide bonds. The number of furan rings is 1. The third-order valence-corrected chi connectivity index (χ3v) is 11.5. The number of hydrogen-bond donors (Lipinski definition) is 0. The number of hydrogen-bond acceptors (Lipinski definition) is 3. The molecule has 0 N–H and O–H groups in total. The van der Waals surface area contributed by atoms with Gasteiger partial charge in [-0.05, 0) is 110 Å². The van der Waals surface area contributed by atoms with E-state index in [2.05, 4.69) is 181 Å². The topological polar surface area (TPSA) is 16.4 Å². The number of para-hydroxylation sites is 1. The van der Waals surface area contributed by atoms with E-state index in [1.807, 2.05) is 11.3 Å². The smallest absolute Gasteiger partial charge is 0.137 e. The van der Waals surface area contributed by atoms with Crippen molar-refractivity contribution in [3.05, 3.63) is 176 Å². The zero-order chi connectivity index (χ0) is 33.5. The highest BCUT2D eigenvalue weighted by molar-refractivity contribution is 7.26. The van der Waals surface area contributed by atoms with Gasteiger partial charge in [-0.2, -0.15) is 0 Å². The fourth-order valence-electron chi connectivity index (χ4n) is 7.99. The van der Waals surface area contributed by atoms with Crippen molar-refractivity contribution in [2.45, 2.75) is 0 Å². The van der Waals surface area contributed by atoms with E-state index in [4.69, 9.17) is 4.42 Å². The van der Waals surface area contributed by atoms with Crippen molar-refractivity contribution in [3.8, 4) is 11.1 Å². The lowest BCUT2D eigenvalue weighted by atomic mass is 9.95. The van der Waals surface area contributed by atoms with Crippen LogP contribution in [0.3, 0.4) is 0 Å². The van der Waals surface area contributed by atoms with Crippen molar-refractivity contribution in [1.29, 1.82) is 0 Å². The minimum atomic E-state index is 0.882. The van der Waals surface area contributed by atoms with Gasteiger partial charge in [0.1, 0.15) is 11.2 Å². The Morgan fingerprint density at radius 3 is 1.98 bits per heavy atom. The minimum absolute atomic E-state index is 0.882. The second kappa shape index (κ2) is 11.0. The number of benzene rings is 9. The van der Waals surface area contributed by atoms with Crippen LogP contribution < -0.4 is 4.90 Å². The van der Waals surface area contributed by atoms with E-state index in [0.29, 0.717) is 0 Å². The average Bonchev–Trinajstić information content (AvgIpc) is 3.74. The molecule has 0 bridgehead atoms. The Balaban J connectivity index is 1.09. The Kier molecular flexibility index (Phi) is 6.16. The number of nitrogens with zero attached hydrogens (tertiary/aromatic N) is 1. The van der Waals surface area contributed by atoms with Crippen molar-refractivity contribution in [3.63, 3.8) is 0 Å². The van der Waals surface area contributed by atoms with Crippen molar-refractivity contribution < 1.29 is 4.42 Å². The monoisotopic (exact) mass is 667 g/mol. The summed E-state index contributed by atoms with van der Waals surface area (Å²) >= 11 is 1.86. The zero-order valence-electron chi connectivity index (χ0n) is 27.5. The first-order valence-electron chi connectivity index (χ1n) is 17.3. The minimum Gasteiger partial charge on any atom is -0.456 e. The fourth-order valence-corrected chi connectivity index (χ4v) is 9.10. The van der Waals surface area contributed by atoms with Gasteiger partial charge in [-0.25, -0.2) is 0 Å². The molecule has 0 radical (unpaired) electrons. The lowest BCUT2D eigenvalue weighted by molar-refractivity contribution is 0.669. The van der Waals surface area contributed by atoms with Crippen LogP contribution in [0.5, 0.6) is 0 Å². The molecular weight excluding hydrogens is 639 g/mol. The first-order chi connectivity index (χ1) is 25.2. The summed E-state index contributed by atoms with van der Waals surface area (Å²) in [6, 6.07) is 63.8. The molecule has 0 saturated heterocycles. The van der Waals surface area contributed by atoms with E-state index >= 15 is 0 Å². The van der Waals surface area contributed by atoms with E-state index in [1.165, 1.54) is 63.6 Å². The van der Waals surface area contributed by atoms with Gasteiger partial charge in [0, 0.05) is 54.1 Å². The molecule has 2 heterocycles. The van der Waals surface area contributed by atoms with Crippen LogP contribution in [0.2, 0.25) is 0 Å². The molecule has 0 spiro atoms. The molecule has 11 rings (SSSR count). The molecule has 2 aromatic heterocycles. The fraction of sp³-hybridized carbons (Fsp3) is 0. The zero-order valence-corrected chi connectivity index (χ0v) is 28.3. The molecule has 11 aromatic rings. The van der Waals surface area contributed by atoms with Crippen molar-refractivity contribution in [1.82, 2.24) is 0 Å². The summed E-state index contributed by atoms with van der Waals surface area (Å²) in [6.45, 7) is 0. The number of anilines is 3. The summed E-state index contributed by atoms with van der Waals surface area (Å²) in [4.78, 5) is 2.34. The highest BCUT2D eigenvalue weighted by Crippen LogP contribution is 2.45. The van der Waals surface area contributed by atoms with Gasteiger partial charge in [-0.3, -0.25) is 0 Å². The lowest BCUT2D eigenvalue weighted by Crippen LogP contribution is -2.09. The van der Waals surface area contributed by atoms with Gasteiger partial charge in [0.05, 0.1) is 0 Å². The quantitative estimate of drug-likeness (QED) is 0.174. The number of rotatable bonds is 4. The third-order valence-electron chi connectivity index (χ3n) is 10.4. The predicted octanol–water partition coefficient (Wildman–Crippen LogP) is 14.6. The van der Waals surface area contributed by atoms with Crippen LogP contribution in [0.25, 0.3) is 85.6 Å². The van der Waals surface area contributed by atoms with Gasteiger partial charge < -0.3 is 9.32 Å². The van der Waals surface area contributed by atoms with Gasteiger partial charge in [0.25, 0.3) is 0 Å². The summed E-state index contributed by atoms with van der Waals surface area (Å²) in [5.74, 6) is 0. The highest BCUT2D eigenvalue weighted by Gasteiger charge is 2.18. The summed E-state index contributed by atoms with van der Waals surface area (Å²) in [5, 5.41) is 12.3. The highest BCUT2D eigenvalue weighted by atomic mass is 32.1. The van der Waals surface area contributed by atoms with E-state index in [9.17, 15) is 0 Å². The summed E-state index contributed by atoms with van der Waals surface area (Å²) < 4.78 is 9.10. The molecule has 0 saturated carbocycles. The molecule has 0 fully saturated rings. The first-order valence-corrected chi connectivity index (χ1v) is 18.1. The summed E-state index contributed by atoms with van der Waals surface area (Å²) in [5.41, 5.74) is 7.54. The standard InChI is InChI=1S/C48H29NOS/c1-2-12-35(13-3-1)49(37-20-23-41-42-26-31-10-4-5-11-32(31)27-44(42)50-45(41)29-37)36-21-24-46-43(28-36)48-40(15-8-16-47(48)51-46)34-19-22-39-33(25-34)18-17-30-9-6-7-14-38(30)39/h1-29H. The maximum atomic E-state index is 6.53. The van der Waals surface area contributed by atoms with Crippen molar-refractivity contribution in [2.75, 3.05) is 4.90 Å². The second-order valence-corrected chi connectivity index (χ2v) is 14.4. The molecule has 51 heavy (non-hydrogen) atoms. The van der Waals surface area contributed by atoms with Gasteiger partial charge in [0.2, 0.25) is 0 Å². The first kappa shape index (κ1) is 28.4. The van der Waals surface area contributed by atoms with Crippen LogP contribution in [-0.2, 0) is 0 Å². The largest absolute Gasteiger partial charge is 0.456 e. The van der Waals surface area contributed by atoms with Crippen LogP contribution in [0, 0.1) is 0 Å². The number of fused-ring (bicyclic) bond motifs is 10. The van der Waals surface area contributed by atoms with Crippen molar-refractivity contribution in [2.24, 2.45) is 0 Å². The Bertz CT molecular complexity index is 3150. The SMILES string of the molecule is c1ccc(N(c2ccc3c(c2)oc2cc4ccccc4cc23)c2ccc3sc4cccc(-c5ccc6c(ccc7ccccc76)c5)c4c3c2)cc1. The van der Waals surface area contributed by atoms with Crippen LogP contribution >= 0.6 is 11.3 Å². The lowest BCUT2D eigenvalue weighted by Gasteiger charge is -2.25. The Labute approximate surface area is 298 Å². The summed E-state index contributed by atoms with van der Waals surface area (Å²) in [6.07, 6.45) is 0. The van der Waals surface area contributed by atoms with Gasteiger partial charge >= 0.3 is 0 Å². The van der Waals surface area contributed by atoms with Crippen LogP contribution in [-0.4, -0.2) is 0 Å². The van der Waals surface area contributed by atoms with E-state index in [-0.39, 0.29) is 0 Å². The van der Waals surface area contributed by atoms with Crippen molar-refractivity contribution >= 4 is 103 Å². The Morgan fingerprint density at radius 2 is 1.08 bits per heavy atom. The molecule has 0 atom stereocenters. The maximum absolute atomic E-state index is 6.53. The van der Waals surface area contributed by atoms with Crippen LogP contribution in [0.15, 0.2) is 180 Å². The third kappa shape index (κ3) is 4.49. The van der Waals surface area contributed by atoms with Gasteiger partial charge in [-0.1, -0.05) is 103 Å². The Morgan fingerprint density at radius 1 is 0.373 bits per heavy atom. The van der Waals surface area contributed by atoms with Gasteiger partial charge in [-0.15, -0.1) is 11.3 Å². The molecule has 9 aromatic carbocycles. The van der Waals surface area contributed by atoms with Crippen LogP contribution in [0.1, 0.15) is 0 Å². The molecule has 0 aliphatic carbocycles. The molecule has 3 heteroatoms. The van der Waals surface area contributed by atoms with E-state index in [1.54, 1.807) is 0 Å². The Hall–Kier alpha value is -6.42. The predicted molar refractivity (Wildman–Crippen MR) is 219 cm³/mol. The summed E-state index contributed by atoms with van der Waals surface area (Å²) in [7, 11) is 0. The molecule has 238 valence electrons. The molecule has 0 unspecified atom stereocenters. The molecule has 2 nitrogen and oxygen atoms in total. The molecule has 0 aliphatic heterocycles. The molecule has 0 aliphatic rings. The van der Waals surface area contributed by atoms with Crippen LogP contribution in [0.4, 0.5) is 17.1 Å². The normalized spacial score (nSPS) is 11.9. The van der Waals surface area contributed by atoms with Gasteiger partial charge in [0.15, 0.2) is 0 Å².